The Labute approximate surface area is 122 Å². The predicted octanol–water partition coefficient (Wildman–Crippen LogP) is 4.97. The van der Waals surface area contributed by atoms with Gasteiger partial charge in [0.15, 0.2) is 0 Å². The molecule has 0 amide bonds. The van der Waals surface area contributed by atoms with E-state index in [1.807, 2.05) is 0 Å². The molecule has 0 heterocycles. The fourth-order valence-corrected chi connectivity index (χ4v) is 3.66. The summed E-state index contributed by atoms with van der Waals surface area (Å²) in [6, 6.07) is 2.58. The van der Waals surface area contributed by atoms with Crippen LogP contribution < -0.4 is 5.32 Å². The van der Waals surface area contributed by atoms with Crippen LogP contribution in [0.1, 0.15) is 61.9 Å². The molecule has 1 nitrogen and oxygen atoms in total. The summed E-state index contributed by atoms with van der Waals surface area (Å²) in [6.07, 6.45) is 3.62. The third-order valence-corrected chi connectivity index (χ3v) is 4.91. The predicted molar refractivity (Wildman–Crippen MR) is 84.1 cm³/mol. The monoisotopic (exact) mass is 279 g/mol. The zero-order valence-electron chi connectivity index (χ0n) is 12.9. The van der Waals surface area contributed by atoms with Crippen molar-refractivity contribution in [3.8, 4) is 0 Å². The summed E-state index contributed by atoms with van der Waals surface area (Å²) in [5.41, 5.74) is 6.00. The summed E-state index contributed by atoms with van der Waals surface area (Å²) >= 11 is 6.41. The molecule has 1 aromatic carbocycles. The Balaban J connectivity index is 2.57. The molecule has 19 heavy (non-hydrogen) atoms. The second kappa shape index (κ2) is 5.46. The third-order valence-electron chi connectivity index (χ3n) is 4.51. The highest BCUT2D eigenvalue weighted by Gasteiger charge is 2.31. The van der Waals surface area contributed by atoms with Crippen molar-refractivity contribution in [2.45, 2.75) is 59.9 Å². The smallest absolute Gasteiger partial charge is 0.0441 e. The minimum Gasteiger partial charge on any atom is -0.310 e. The first-order valence-corrected chi connectivity index (χ1v) is 7.75. The van der Waals surface area contributed by atoms with Gasteiger partial charge >= 0.3 is 0 Å². The summed E-state index contributed by atoms with van der Waals surface area (Å²) in [6.45, 7) is 12.3. The summed E-state index contributed by atoms with van der Waals surface area (Å²) in [5, 5.41) is 4.59. The van der Waals surface area contributed by atoms with Crippen LogP contribution >= 0.6 is 11.6 Å². The molecular weight excluding hydrogens is 254 g/mol. The van der Waals surface area contributed by atoms with Gasteiger partial charge in [-0.25, -0.2) is 0 Å². The number of aryl methyl sites for hydroxylation is 1. The summed E-state index contributed by atoms with van der Waals surface area (Å²) in [7, 11) is 0. The number of benzene rings is 1. The lowest BCUT2D eigenvalue weighted by Gasteiger charge is -2.28. The van der Waals surface area contributed by atoms with Crippen molar-refractivity contribution >= 4 is 11.6 Å². The molecule has 0 aromatic heterocycles. The maximum atomic E-state index is 6.41. The molecule has 1 aromatic rings. The lowest BCUT2D eigenvalue weighted by molar-refractivity contribution is 0.275. The van der Waals surface area contributed by atoms with Crippen LogP contribution in [0.25, 0.3) is 0 Å². The summed E-state index contributed by atoms with van der Waals surface area (Å²) in [4.78, 5) is 0. The average molecular weight is 280 g/mol. The Morgan fingerprint density at radius 1 is 1.37 bits per heavy atom. The molecule has 106 valence electrons. The molecule has 0 saturated heterocycles. The second-order valence-electron chi connectivity index (χ2n) is 6.67. The van der Waals surface area contributed by atoms with E-state index in [2.05, 4.69) is 46.0 Å². The van der Waals surface area contributed by atoms with E-state index in [0.717, 1.165) is 11.6 Å². The first kappa shape index (κ1) is 14.9. The SMILES string of the molecule is CCNC1CC(C)(C)CCc2c(C)cc(Cl)c(C)c21. The van der Waals surface area contributed by atoms with Crippen LogP contribution in [0.3, 0.4) is 0 Å². The minimum atomic E-state index is 0.386. The van der Waals surface area contributed by atoms with Gasteiger partial charge in [0.25, 0.3) is 0 Å². The number of fused-ring (bicyclic) bond motifs is 1. The standard InChI is InChI=1S/C17H26ClN/c1-6-19-15-10-17(4,5)8-7-13-11(2)9-14(18)12(3)16(13)15/h9,15,19H,6-8,10H2,1-5H3. The van der Waals surface area contributed by atoms with E-state index in [9.17, 15) is 0 Å². The first-order chi connectivity index (χ1) is 8.85. The molecule has 2 heteroatoms. The van der Waals surface area contributed by atoms with Gasteiger partial charge in [-0.1, -0.05) is 32.4 Å². The van der Waals surface area contributed by atoms with Crippen molar-refractivity contribution in [1.29, 1.82) is 0 Å². The fraction of sp³-hybridized carbons (Fsp3) is 0.647. The van der Waals surface area contributed by atoms with Crippen molar-refractivity contribution in [3.63, 3.8) is 0 Å². The molecule has 2 rings (SSSR count). The Morgan fingerprint density at radius 2 is 2.05 bits per heavy atom. The van der Waals surface area contributed by atoms with Crippen molar-refractivity contribution in [2.75, 3.05) is 6.54 Å². The van der Waals surface area contributed by atoms with Crippen molar-refractivity contribution < 1.29 is 0 Å². The average Bonchev–Trinajstić information content (AvgIpc) is 2.43. The lowest BCUT2D eigenvalue weighted by atomic mass is 9.82. The number of nitrogens with one attached hydrogen (secondary N) is 1. The Hall–Kier alpha value is -0.530. The van der Waals surface area contributed by atoms with E-state index in [1.54, 1.807) is 0 Å². The van der Waals surface area contributed by atoms with Crippen LogP contribution in [0.2, 0.25) is 5.02 Å². The molecule has 1 unspecified atom stereocenters. The highest BCUT2D eigenvalue weighted by atomic mass is 35.5. The van der Waals surface area contributed by atoms with Gasteiger partial charge < -0.3 is 5.32 Å². The van der Waals surface area contributed by atoms with E-state index in [-0.39, 0.29) is 0 Å². The highest BCUT2D eigenvalue weighted by Crippen LogP contribution is 2.42. The van der Waals surface area contributed by atoms with Gasteiger partial charge in [-0.05, 0) is 73.4 Å². The van der Waals surface area contributed by atoms with Crippen LogP contribution in [-0.2, 0) is 6.42 Å². The van der Waals surface area contributed by atoms with E-state index < -0.39 is 0 Å². The summed E-state index contributed by atoms with van der Waals surface area (Å²) in [5.74, 6) is 0. The number of hydrogen-bond donors (Lipinski definition) is 1. The van der Waals surface area contributed by atoms with Gasteiger partial charge in [0.1, 0.15) is 0 Å². The highest BCUT2D eigenvalue weighted by molar-refractivity contribution is 6.31. The van der Waals surface area contributed by atoms with Gasteiger partial charge in [0.05, 0.1) is 0 Å². The van der Waals surface area contributed by atoms with Crippen molar-refractivity contribution in [2.24, 2.45) is 5.41 Å². The summed E-state index contributed by atoms with van der Waals surface area (Å²) < 4.78 is 0. The molecule has 0 spiro atoms. The molecule has 1 aliphatic rings. The van der Waals surface area contributed by atoms with Gasteiger partial charge in [-0.15, -0.1) is 0 Å². The molecule has 0 bridgehead atoms. The molecule has 1 N–H and O–H groups in total. The van der Waals surface area contributed by atoms with Crippen LogP contribution in [0.15, 0.2) is 6.07 Å². The van der Waals surface area contributed by atoms with Crippen LogP contribution in [0.4, 0.5) is 0 Å². The Morgan fingerprint density at radius 3 is 2.68 bits per heavy atom. The maximum absolute atomic E-state index is 6.41. The van der Waals surface area contributed by atoms with E-state index >= 15 is 0 Å². The molecule has 1 atom stereocenters. The Bertz CT molecular complexity index is 477. The van der Waals surface area contributed by atoms with Crippen LogP contribution in [-0.4, -0.2) is 6.54 Å². The lowest BCUT2D eigenvalue weighted by Crippen LogP contribution is -2.26. The van der Waals surface area contributed by atoms with Crippen molar-refractivity contribution in [1.82, 2.24) is 5.32 Å². The fourth-order valence-electron chi connectivity index (χ4n) is 3.40. The minimum absolute atomic E-state index is 0.386. The molecular formula is C17H26ClN. The normalized spacial score (nSPS) is 21.9. The third kappa shape index (κ3) is 2.98. The zero-order valence-corrected chi connectivity index (χ0v) is 13.6. The van der Waals surface area contributed by atoms with Gasteiger partial charge in [0, 0.05) is 11.1 Å². The maximum Gasteiger partial charge on any atom is 0.0441 e. The van der Waals surface area contributed by atoms with Gasteiger partial charge in [0.2, 0.25) is 0 Å². The van der Waals surface area contributed by atoms with E-state index in [0.29, 0.717) is 11.5 Å². The Kier molecular flexibility index (Phi) is 4.27. The number of rotatable bonds is 2. The zero-order chi connectivity index (χ0) is 14.2. The number of halogens is 1. The van der Waals surface area contributed by atoms with Gasteiger partial charge in [-0.2, -0.15) is 0 Å². The van der Waals surface area contributed by atoms with E-state index in [1.165, 1.54) is 41.5 Å². The molecule has 0 saturated carbocycles. The second-order valence-corrected chi connectivity index (χ2v) is 7.08. The molecule has 0 radical (unpaired) electrons. The quantitative estimate of drug-likeness (QED) is 0.754. The first-order valence-electron chi connectivity index (χ1n) is 7.37. The van der Waals surface area contributed by atoms with E-state index in [4.69, 9.17) is 11.6 Å². The molecule has 1 aliphatic carbocycles. The van der Waals surface area contributed by atoms with Crippen LogP contribution in [0, 0.1) is 19.3 Å². The largest absolute Gasteiger partial charge is 0.310 e. The van der Waals surface area contributed by atoms with Crippen molar-refractivity contribution in [3.05, 3.63) is 33.3 Å². The topological polar surface area (TPSA) is 12.0 Å². The molecule has 0 fully saturated rings. The van der Waals surface area contributed by atoms with Gasteiger partial charge in [-0.3, -0.25) is 0 Å². The molecule has 0 aliphatic heterocycles. The van der Waals surface area contributed by atoms with Crippen LogP contribution in [0.5, 0.6) is 0 Å². The number of hydrogen-bond acceptors (Lipinski definition) is 1.